The summed E-state index contributed by atoms with van der Waals surface area (Å²) in [5, 5.41) is 10.8. The molecule has 1 aromatic carbocycles. The number of rotatable bonds is 2. The number of hydrogen-bond donors (Lipinski definition) is 2. The first kappa shape index (κ1) is 17.0. The van der Waals surface area contributed by atoms with Gasteiger partial charge in [0.05, 0.1) is 11.1 Å². The number of amides is 2. The number of nitrogens with zero attached hydrogens (tertiary/aromatic N) is 4. The van der Waals surface area contributed by atoms with Gasteiger partial charge >= 0.3 is 6.03 Å². The van der Waals surface area contributed by atoms with Crippen molar-refractivity contribution in [3.8, 4) is 11.3 Å². The number of benzene rings is 1. The van der Waals surface area contributed by atoms with Crippen molar-refractivity contribution in [3.05, 3.63) is 40.9 Å². The van der Waals surface area contributed by atoms with Gasteiger partial charge in [-0.3, -0.25) is 10.4 Å². The lowest BCUT2D eigenvalue weighted by atomic mass is 10.1. The third kappa shape index (κ3) is 3.30. The van der Waals surface area contributed by atoms with Crippen LogP contribution < -0.4 is 5.32 Å². The third-order valence-electron chi connectivity index (χ3n) is 4.57. The van der Waals surface area contributed by atoms with Crippen molar-refractivity contribution in [2.24, 2.45) is 0 Å². The number of halogens is 1. The van der Waals surface area contributed by atoms with Crippen LogP contribution in [-0.4, -0.2) is 64.2 Å². The molecule has 26 heavy (non-hydrogen) atoms. The van der Waals surface area contributed by atoms with E-state index in [4.69, 9.17) is 0 Å². The molecule has 1 aliphatic heterocycles. The van der Waals surface area contributed by atoms with Crippen LogP contribution in [-0.2, 0) is 0 Å². The highest BCUT2D eigenvalue weighted by Crippen LogP contribution is 2.31. The van der Waals surface area contributed by atoms with Crippen LogP contribution in [0.15, 0.2) is 40.9 Å². The van der Waals surface area contributed by atoms with Gasteiger partial charge in [-0.25, -0.2) is 9.78 Å². The number of fused-ring (bicyclic) bond motifs is 1. The Bertz CT molecular complexity index is 934. The van der Waals surface area contributed by atoms with Gasteiger partial charge in [-0.05, 0) is 29.0 Å². The second-order valence-corrected chi connectivity index (χ2v) is 7.23. The minimum Gasteiger partial charge on any atom is -0.322 e. The maximum atomic E-state index is 12.5. The predicted octanol–water partition coefficient (Wildman–Crippen LogP) is 3.17. The molecule has 2 N–H and O–H groups in total. The number of pyridine rings is 1. The van der Waals surface area contributed by atoms with Crippen LogP contribution in [0.25, 0.3) is 22.3 Å². The average molecular weight is 415 g/mol. The lowest BCUT2D eigenvalue weighted by molar-refractivity contribution is 0.164. The zero-order valence-corrected chi connectivity index (χ0v) is 16.0. The minimum atomic E-state index is -0.130. The number of urea groups is 1. The maximum absolute atomic E-state index is 12.5. The number of piperazine rings is 1. The minimum absolute atomic E-state index is 0.130. The number of likely N-dealkylation sites (N-methyl/N-ethyl adjacent to an activating group) is 1. The van der Waals surface area contributed by atoms with Crippen LogP contribution in [0.5, 0.6) is 0 Å². The molecule has 4 rings (SSSR count). The van der Waals surface area contributed by atoms with E-state index in [1.54, 1.807) is 4.90 Å². The highest BCUT2D eigenvalue weighted by Gasteiger charge is 2.21. The van der Waals surface area contributed by atoms with Crippen LogP contribution in [0.2, 0.25) is 0 Å². The fraction of sp³-hybridized carbons (Fsp3) is 0.278. The number of anilines is 1. The average Bonchev–Trinajstić information content (AvgIpc) is 3.04. The molecular formula is C18H19BrN6O. The predicted molar refractivity (Wildman–Crippen MR) is 105 cm³/mol. The lowest BCUT2D eigenvalue weighted by Gasteiger charge is -2.32. The molecule has 2 aromatic heterocycles. The molecule has 134 valence electrons. The molecule has 8 heteroatoms. The summed E-state index contributed by atoms with van der Waals surface area (Å²) in [7, 11) is 2.06. The van der Waals surface area contributed by atoms with Gasteiger partial charge in [0.25, 0.3) is 0 Å². The molecule has 0 atom stereocenters. The molecule has 0 saturated carbocycles. The molecule has 3 heterocycles. The second-order valence-electron chi connectivity index (χ2n) is 6.37. The highest BCUT2D eigenvalue weighted by atomic mass is 79.9. The summed E-state index contributed by atoms with van der Waals surface area (Å²) in [6.45, 7) is 3.18. The van der Waals surface area contributed by atoms with Crippen molar-refractivity contribution in [2.45, 2.75) is 0 Å². The van der Waals surface area contributed by atoms with Crippen LogP contribution in [0.3, 0.4) is 0 Å². The van der Waals surface area contributed by atoms with Crippen molar-refractivity contribution < 1.29 is 4.79 Å². The molecule has 7 nitrogen and oxygen atoms in total. The Morgan fingerprint density at radius 1 is 1.19 bits per heavy atom. The van der Waals surface area contributed by atoms with E-state index < -0.39 is 0 Å². The maximum Gasteiger partial charge on any atom is 0.323 e. The summed E-state index contributed by atoms with van der Waals surface area (Å²) < 4.78 is 0.854. The second kappa shape index (κ2) is 7.05. The fourth-order valence-electron chi connectivity index (χ4n) is 3.01. The van der Waals surface area contributed by atoms with Crippen LogP contribution >= 0.6 is 15.9 Å². The number of hydrogen-bond acceptors (Lipinski definition) is 4. The number of nitrogens with one attached hydrogen (secondary N) is 2. The fourth-order valence-corrected chi connectivity index (χ4v) is 3.55. The Balaban J connectivity index is 1.59. The summed E-state index contributed by atoms with van der Waals surface area (Å²) in [4.78, 5) is 21.2. The molecule has 0 spiro atoms. The normalized spacial score (nSPS) is 15.4. The van der Waals surface area contributed by atoms with E-state index in [1.807, 2.05) is 36.4 Å². The Labute approximate surface area is 159 Å². The van der Waals surface area contributed by atoms with Crippen molar-refractivity contribution in [2.75, 3.05) is 38.5 Å². The van der Waals surface area contributed by atoms with Crippen molar-refractivity contribution in [3.63, 3.8) is 0 Å². The molecule has 0 bridgehead atoms. The molecule has 1 aliphatic rings. The summed E-state index contributed by atoms with van der Waals surface area (Å²) in [6, 6.07) is 11.7. The topological polar surface area (TPSA) is 77.1 Å². The van der Waals surface area contributed by atoms with Gasteiger partial charge in [-0.1, -0.05) is 30.3 Å². The van der Waals surface area contributed by atoms with E-state index in [-0.39, 0.29) is 6.03 Å². The quantitative estimate of drug-likeness (QED) is 0.674. The van der Waals surface area contributed by atoms with Crippen molar-refractivity contribution in [1.29, 1.82) is 0 Å². The lowest BCUT2D eigenvalue weighted by Crippen LogP contribution is -2.48. The van der Waals surface area contributed by atoms with Crippen LogP contribution in [0.1, 0.15) is 0 Å². The first-order chi connectivity index (χ1) is 12.6. The zero-order valence-electron chi connectivity index (χ0n) is 14.4. The van der Waals surface area contributed by atoms with Crippen LogP contribution in [0, 0.1) is 0 Å². The largest absolute Gasteiger partial charge is 0.323 e. The number of aromatic nitrogens is 3. The van der Waals surface area contributed by atoms with E-state index in [2.05, 4.69) is 48.4 Å². The van der Waals surface area contributed by atoms with Gasteiger partial charge in [0.1, 0.15) is 0 Å². The first-order valence-electron chi connectivity index (χ1n) is 8.46. The van der Waals surface area contributed by atoms with E-state index in [1.165, 1.54) is 0 Å². The Hall–Kier alpha value is -2.45. The summed E-state index contributed by atoms with van der Waals surface area (Å²) >= 11 is 3.59. The third-order valence-corrected chi connectivity index (χ3v) is 5.17. The molecule has 2 amide bonds. The summed E-state index contributed by atoms with van der Waals surface area (Å²) in [6.07, 6.45) is 0. The van der Waals surface area contributed by atoms with Gasteiger partial charge in [-0.15, -0.1) is 0 Å². The Morgan fingerprint density at radius 3 is 2.65 bits per heavy atom. The number of H-pyrrole nitrogens is 1. The number of carbonyl (C=O) groups excluding carboxylic acids is 1. The Morgan fingerprint density at radius 2 is 1.92 bits per heavy atom. The number of aromatic amines is 1. The van der Waals surface area contributed by atoms with E-state index in [0.717, 1.165) is 34.2 Å². The first-order valence-corrected chi connectivity index (χ1v) is 9.25. The number of carbonyl (C=O) groups is 1. The molecule has 3 aromatic rings. The smallest absolute Gasteiger partial charge is 0.322 e. The van der Waals surface area contributed by atoms with Gasteiger partial charge < -0.3 is 9.80 Å². The standard InChI is InChI=1S/C18H19BrN6O/c1-24-7-9-25(10-8-24)18(26)21-17-13-11-14(19)15(20-16(13)22-23-17)12-5-3-2-4-6-12/h2-6,11H,7-10H2,1H3,(H2,20,21,22,23,26). The molecular weight excluding hydrogens is 396 g/mol. The molecule has 1 fully saturated rings. The van der Waals surface area contributed by atoms with Gasteiger partial charge in [0.2, 0.25) is 0 Å². The molecule has 0 radical (unpaired) electrons. The van der Waals surface area contributed by atoms with E-state index >= 15 is 0 Å². The SMILES string of the molecule is CN1CCN(C(=O)Nc2n[nH]c3nc(-c4ccccc4)c(Br)cc23)CC1. The zero-order chi connectivity index (χ0) is 18.1. The van der Waals surface area contributed by atoms with E-state index in [9.17, 15) is 4.79 Å². The van der Waals surface area contributed by atoms with E-state index in [0.29, 0.717) is 24.6 Å². The molecule has 1 saturated heterocycles. The highest BCUT2D eigenvalue weighted by molar-refractivity contribution is 9.10. The van der Waals surface area contributed by atoms with Crippen molar-refractivity contribution >= 4 is 38.8 Å². The summed E-state index contributed by atoms with van der Waals surface area (Å²) in [5.41, 5.74) is 2.48. The molecule has 0 unspecified atom stereocenters. The summed E-state index contributed by atoms with van der Waals surface area (Å²) in [5.74, 6) is 0.497. The van der Waals surface area contributed by atoms with Gasteiger partial charge in [0.15, 0.2) is 11.5 Å². The monoisotopic (exact) mass is 414 g/mol. The van der Waals surface area contributed by atoms with Gasteiger partial charge in [-0.2, -0.15) is 5.10 Å². The van der Waals surface area contributed by atoms with Crippen LogP contribution in [0.4, 0.5) is 10.6 Å². The Kier molecular flexibility index (Phi) is 4.60. The van der Waals surface area contributed by atoms with Crippen molar-refractivity contribution in [1.82, 2.24) is 25.0 Å². The van der Waals surface area contributed by atoms with Gasteiger partial charge in [0, 0.05) is 36.2 Å². The molecule has 0 aliphatic carbocycles.